The molecular formula is C11H18N2. The summed E-state index contributed by atoms with van der Waals surface area (Å²) in [6.45, 7) is 6.31. The summed E-state index contributed by atoms with van der Waals surface area (Å²) in [6.07, 6.45) is 1.08. The first kappa shape index (κ1) is 10.2. The van der Waals surface area contributed by atoms with Crippen molar-refractivity contribution in [3.63, 3.8) is 0 Å². The molecule has 72 valence electrons. The highest BCUT2D eigenvalue weighted by molar-refractivity contribution is 5.21. The van der Waals surface area contributed by atoms with Crippen molar-refractivity contribution in [2.24, 2.45) is 0 Å². The topological polar surface area (TPSA) is 24.9 Å². The molecule has 0 aliphatic heterocycles. The Hall–Kier alpha value is -0.890. The zero-order chi connectivity index (χ0) is 9.84. The van der Waals surface area contributed by atoms with Crippen molar-refractivity contribution >= 4 is 0 Å². The molecule has 1 aromatic rings. The Balaban J connectivity index is 2.95. The van der Waals surface area contributed by atoms with Gasteiger partial charge in [-0.1, -0.05) is 13.0 Å². The van der Waals surface area contributed by atoms with Gasteiger partial charge >= 0.3 is 0 Å². The second kappa shape index (κ2) is 4.38. The first-order valence-electron chi connectivity index (χ1n) is 4.80. The molecule has 2 heteroatoms. The summed E-state index contributed by atoms with van der Waals surface area (Å²) in [5.41, 5.74) is 3.54. The van der Waals surface area contributed by atoms with Crippen molar-refractivity contribution in [1.29, 1.82) is 0 Å². The molecule has 1 atom stereocenters. The van der Waals surface area contributed by atoms with Gasteiger partial charge < -0.3 is 5.32 Å². The third-order valence-corrected chi connectivity index (χ3v) is 2.49. The normalized spacial score (nSPS) is 12.9. The predicted molar refractivity (Wildman–Crippen MR) is 55.8 cm³/mol. The van der Waals surface area contributed by atoms with Crippen LogP contribution in [-0.4, -0.2) is 12.0 Å². The maximum absolute atomic E-state index is 4.55. The molecular weight excluding hydrogens is 160 g/mol. The van der Waals surface area contributed by atoms with Gasteiger partial charge in [0.15, 0.2) is 0 Å². The number of nitrogens with one attached hydrogen (secondary N) is 1. The van der Waals surface area contributed by atoms with Crippen molar-refractivity contribution in [3.05, 3.63) is 29.1 Å². The molecule has 0 saturated carbocycles. The fourth-order valence-corrected chi connectivity index (χ4v) is 1.41. The molecule has 2 nitrogen and oxygen atoms in total. The molecule has 0 aliphatic rings. The minimum absolute atomic E-state index is 0.388. The summed E-state index contributed by atoms with van der Waals surface area (Å²) in [7, 11) is 1.98. The van der Waals surface area contributed by atoms with Crippen LogP contribution in [0.5, 0.6) is 0 Å². The number of aromatic nitrogens is 1. The minimum atomic E-state index is 0.388. The molecule has 1 rings (SSSR count). The van der Waals surface area contributed by atoms with Gasteiger partial charge in [0.05, 0.1) is 5.69 Å². The van der Waals surface area contributed by atoms with Crippen molar-refractivity contribution < 1.29 is 0 Å². The lowest BCUT2D eigenvalue weighted by Crippen LogP contribution is -2.17. The first-order chi connectivity index (χ1) is 6.19. The van der Waals surface area contributed by atoms with Gasteiger partial charge in [-0.25, -0.2) is 0 Å². The molecule has 1 unspecified atom stereocenters. The van der Waals surface area contributed by atoms with E-state index >= 15 is 0 Å². The summed E-state index contributed by atoms with van der Waals surface area (Å²) in [6, 6.07) is 4.63. The number of rotatable bonds is 3. The van der Waals surface area contributed by atoms with Crippen LogP contribution in [0.2, 0.25) is 0 Å². The smallest absolute Gasteiger partial charge is 0.0576 e. The lowest BCUT2D eigenvalue weighted by molar-refractivity contribution is 0.560. The Morgan fingerprint density at radius 1 is 1.38 bits per heavy atom. The zero-order valence-electron chi connectivity index (χ0n) is 8.89. The quantitative estimate of drug-likeness (QED) is 0.768. The molecule has 0 aromatic carbocycles. The van der Waals surface area contributed by atoms with Crippen LogP contribution in [0.15, 0.2) is 12.1 Å². The average Bonchev–Trinajstić information content (AvgIpc) is 2.13. The maximum Gasteiger partial charge on any atom is 0.0576 e. The Bertz CT molecular complexity index is 277. The molecule has 0 amide bonds. The molecule has 0 fully saturated rings. The summed E-state index contributed by atoms with van der Waals surface area (Å²) in [5, 5.41) is 3.25. The van der Waals surface area contributed by atoms with Crippen LogP contribution < -0.4 is 5.32 Å². The van der Waals surface area contributed by atoms with Gasteiger partial charge in [-0.2, -0.15) is 0 Å². The van der Waals surface area contributed by atoms with Crippen LogP contribution in [0.1, 0.15) is 36.3 Å². The van der Waals surface area contributed by atoms with Gasteiger partial charge in [-0.3, -0.25) is 4.98 Å². The van der Waals surface area contributed by atoms with Gasteiger partial charge in [0, 0.05) is 11.7 Å². The largest absolute Gasteiger partial charge is 0.312 e. The minimum Gasteiger partial charge on any atom is -0.312 e. The van der Waals surface area contributed by atoms with E-state index in [0.29, 0.717) is 6.04 Å². The number of aryl methyl sites for hydroxylation is 2. The molecule has 1 N–H and O–H groups in total. The summed E-state index contributed by atoms with van der Waals surface area (Å²) in [5.74, 6) is 0. The third-order valence-electron chi connectivity index (χ3n) is 2.49. The monoisotopic (exact) mass is 178 g/mol. The predicted octanol–water partition coefficient (Wildman–Crippen LogP) is 2.37. The first-order valence-corrected chi connectivity index (χ1v) is 4.80. The van der Waals surface area contributed by atoms with Gasteiger partial charge in [-0.15, -0.1) is 0 Å². The maximum atomic E-state index is 4.55. The number of hydrogen-bond acceptors (Lipinski definition) is 2. The van der Waals surface area contributed by atoms with Crippen LogP contribution in [-0.2, 0) is 0 Å². The fourth-order valence-electron chi connectivity index (χ4n) is 1.41. The number of pyridine rings is 1. The van der Waals surface area contributed by atoms with E-state index in [1.807, 2.05) is 7.05 Å². The number of hydrogen-bond donors (Lipinski definition) is 1. The van der Waals surface area contributed by atoms with Crippen molar-refractivity contribution in [1.82, 2.24) is 10.3 Å². The van der Waals surface area contributed by atoms with E-state index < -0.39 is 0 Å². The van der Waals surface area contributed by atoms with E-state index in [1.54, 1.807) is 0 Å². The lowest BCUT2D eigenvalue weighted by atomic mass is 10.1. The highest BCUT2D eigenvalue weighted by Crippen LogP contribution is 2.15. The molecule has 0 aliphatic carbocycles. The molecule has 1 heterocycles. The molecule has 0 spiro atoms. The summed E-state index contributed by atoms with van der Waals surface area (Å²) in [4.78, 5) is 4.55. The van der Waals surface area contributed by atoms with E-state index in [2.05, 4.69) is 43.2 Å². The van der Waals surface area contributed by atoms with E-state index in [0.717, 1.165) is 17.8 Å². The van der Waals surface area contributed by atoms with Crippen molar-refractivity contribution in [2.75, 3.05) is 7.05 Å². The van der Waals surface area contributed by atoms with Gasteiger partial charge in [0.2, 0.25) is 0 Å². The Kier molecular flexibility index (Phi) is 3.43. The number of nitrogens with zero attached hydrogens (tertiary/aromatic N) is 1. The highest BCUT2D eigenvalue weighted by Gasteiger charge is 2.07. The van der Waals surface area contributed by atoms with Crippen molar-refractivity contribution in [3.8, 4) is 0 Å². The highest BCUT2D eigenvalue weighted by atomic mass is 14.9. The Morgan fingerprint density at radius 3 is 2.54 bits per heavy atom. The van der Waals surface area contributed by atoms with E-state index in [9.17, 15) is 0 Å². The molecule has 1 aromatic heterocycles. The van der Waals surface area contributed by atoms with Gasteiger partial charge in [-0.05, 0) is 38.9 Å². The standard InChI is InChI=1S/C11H18N2/c1-5-10(12-4)11-7-6-8(2)9(3)13-11/h6-7,10,12H,5H2,1-4H3. The third kappa shape index (κ3) is 2.28. The van der Waals surface area contributed by atoms with E-state index in [-0.39, 0.29) is 0 Å². The van der Waals surface area contributed by atoms with Gasteiger partial charge in [0.1, 0.15) is 0 Å². The van der Waals surface area contributed by atoms with Crippen LogP contribution in [0, 0.1) is 13.8 Å². The molecule has 0 radical (unpaired) electrons. The molecule has 0 bridgehead atoms. The van der Waals surface area contributed by atoms with Crippen LogP contribution in [0.4, 0.5) is 0 Å². The zero-order valence-corrected chi connectivity index (χ0v) is 8.89. The van der Waals surface area contributed by atoms with E-state index in [4.69, 9.17) is 0 Å². The fraction of sp³-hybridized carbons (Fsp3) is 0.545. The van der Waals surface area contributed by atoms with Crippen molar-refractivity contribution in [2.45, 2.75) is 33.2 Å². The van der Waals surface area contributed by atoms with E-state index in [1.165, 1.54) is 5.56 Å². The van der Waals surface area contributed by atoms with Crippen LogP contribution >= 0.6 is 0 Å². The second-order valence-corrected chi connectivity index (χ2v) is 3.39. The average molecular weight is 178 g/mol. The van der Waals surface area contributed by atoms with Crippen LogP contribution in [0.25, 0.3) is 0 Å². The molecule has 13 heavy (non-hydrogen) atoms. The summed E-state index contributed by atoms with van der Waals surface area (Å²) >= 11 is 0. The summed E-state index contributed by atoms with van der Waals surface area (Å²) < 4.78 is 0. The lowest BCUT2D eigenvalue weighted by Gasteiger charge is -2.14. The second-order valence-electron chi connectivity index (χ2n) is 3.39. The van der Waals surface area contributed by atoms with Gasteiger partial charge in [0.25, 0.3) is 0 Å². The Labute approximate surface area is 80.4 Å². The SMILES string of the molecule is CCC(NC)c1ccc(C)c(C)n1. The Morgan fingerprint density at radius 2 is 2.08 bits per heavy atom. The molecule has 0 saturated heterocycles. The van der Waals surface area contributed by atoms with Crippen LogP contribution in [0.3, 0.4) is 0 Å².